The summed E-state index contributed by atoms with van der Waals surface area (Å²) in [5.41, 5.74) is 3.56. The monoisotopic (exact) mass is 364 g/mol. The molecule has 0 aliphatic rings. The van der Waals surface area contributed by atoms with E-state index >= 15 is 0 Å². The maximum absolute atomic E-state index is 4.13. The van der Waals surface area contributed by atoms with Gasteiger partial charge >= 0.3 is 0 Å². The normalized spacial score (nSPS) is 11.3. The molecule has 4 aromatic rings. The number of nitrogens with zero attached hydrogens (tertiary/aromatic N) is 5. The number of fused-ring (bicyclic) bond motifs is 1. The number of nitrogens with one attached hydrogen (secondary N) is 1. The first-order valence-corrected chi connectivity index (χ1v) is 9.52. The number of hydrogen-bond acceptors (Lipinski definition) is 5. The van der Waals surface area contributed by atoms with Crippen molar-refractivity contribution in [1.29, 1.82) is 0 Å². The maximum Gasteiger partial charge on any atom is 0.214 e. The van der Waals surface area contributed by atoms with Gasteiger partial charge in [-0.1, -0.05) is 48.2 Å². The second-order valence-corrected chi connectivity index (χ2v) is 7.08. The van der Waals surface area contributed by atoms with Crippen molar-refractivity contribution in [3.8, 4) is 5.69 Å². The van der Waals surface area contributed by atoms with Gasteiger partial charge in [0.05, 0.1) is 5.69 Å². The molecular weight excluding hydrogens is 344 g/mol. The molecule has 0 bridgehead atoms. The summed E-state index contributed by atoms with van der Waals surface area (Å²) in [6, 6.07) is 18.4. The van der Waals surface area contributed by atoms with E-state index in [-0.39, 0.29) is 0 Å². The predicted octanol–water partition coefficient (Wildman–Crippen LogP) is 3.04. The van der Waals surface area contributed by atoms with E-state index in [2.05, 4.69) is 62.9 Å². The third-order valence-electron chi connectivity index (χ3n) is 4.25. The van der Waals surface area contributed by atoms with Crippen molar-refractivity contribution in [2.45, 2.75) is 11.7 Å². The molecule has 1 N–H and O–H groups in total. The maximum atomic E-state index is 4.13. The topological polar surface area (TPSA) is 60.6 Å². The Hall–Kier alpha value is -2.64. The van der Waals surface area contributed by atoms with Crippen LogP contribution in [0.1, 0.15) is 5.56 Å². The summed E-state index contributed by atoms with van der Waals surface area (Å²) >= 11 is 1.65. The van der Waals surface area contributed by atoms with Gasteiger partial charge in [0, 0.05) is 43.0 Å². The zero-order valence-electron chi connectivity index (χ0n) is 14.5. The van der Waals surface area contributed by atoms with Crippen LogP contribution in [0, 0.1) is 0 Å². The van der Waals surface area contributed by atoms with Crippen LogP contribution >= 0.6 is 11.8 Å². The van der Waals surface area contributed by atoms with Crippen LogP contribution in [0.5, 0.6) is 0 Å². The Morgan fingerprint density at radius 3 is 2.73 bits per heavy atom. The number of thioether (sulfide) groups is 1. The Labute approximate surface area is 156 Å². The molecule has 0 saturated carbocycles. The fourth-order valence-corrected chi connectivity index (χ4v) is 3.79. The summed E-state index contributed by atoms with van der Waals surface area (Å²) in [6.07, 6.45) is 2.20. The van der Waals surface area contributed by atoms with Crippen molar-refractivity contribution < 1.29 is 0 Å². The summed E-state index contributed by atoms with van der Waals surface area (Å²) in [6.45, 7) is 1.74. The minimum absolute atomic E-state index is 0.808. The minimum atomic E-state index is 0.808. The molecule has 2 aromatic heterocycles. The molecule has 132 valence electrons. The molecule has 0 unspecified atom stereocenters. The second kappa shape index (κ2) is 7.72. The van der Waals surface area contributed by atoms with E-state index in [1.54, 1.807) is 16.4 Å². The van der Waals surface area contributed by atoms with Crippen LogP contribution in [0.25, 0.3) is 16.6 Å². The molecule has 26 heavy (non-hydrogen) atoms. The van der Waals surface area contributed by atoms with Crippen LogP contribution in [-0.2, 0) is 13.6 Å². The number of hydrogen-bond donors (Lipinski definition) is 1. The number of benzene rings is 2. The van der Waals surface area contributed by atoms with Crippen LogP contribution in [-0.4, -0.2) is 37.1 Å². The second-order valence-electron chi connectivity index (χ2n) is 6.02. The lowest BCUT2D eigenvalue weighted by atomic mass is 10.2. The van der Waals surface area contributed by atoms with Gasteiger partial charge in [-0.05, 0) is 34.2 Å². The lowest BCUT2D eigenvalue weighted by Gasteiger charge is -2.05. The number of rotatable bonds is 7. The van der Waals surface area contributed by atoms with Gasteiger partial charge in [-0.3, -0.25) is 0 Å². The Bertz CT molecular complexity index is 992. The quantitative estimate of drug-likeness (QED) is 0.403. The fourth-order valence-electron chi connectivity index (χ4n) is 3.00. The van der Waals surface area contributed by atoms with Gasteiger partial charge in [-0.25, -0.2) is 0 Å². The van der Waals surface area contributed by atoms with Crippen molar-refractivity contribution in [2.24, 2.45) is 7.05 Å². The molecular formula is C19H20N6S. The Kier molecular flexibility index (Phi) is 4.99. The van der Waals surface area contributed by atoms with Gasteiger partial charge in [-0.2, -0.15) is 4.68 Å². The van der Waals surface area contributed by atoms with E-state index in [9.17, 15) is 0 Å². The summed E-state index contributed by atoms with van der Waals surface area (Å²) in [4.78, 5) is 0. The van der Waals surface area contributed by atoms with Crippen LogP contribution in [0.2, 0.25) is 0 Å². The molecule has 2 aromatic carbocycles. The standard InChI is InChI=1S/C19H20N6S/c1-24-14-15(17-9-5-6-10-18(17)24)13-20-11-12-26-19-21-22-23-25(19)16-7-3-2-4-8-16/h2-10,14,20H,11-13H2,1H3. The zero-order chi connectivity index (χ0) is 17.8. The number of aromatic nitrogens is 5. The van der Waals surface area contributed by atoms with Crippen molar-refractivity contribution in [1.82, 2.24) is 30.1 Å². The number of aryl methyl sites for hydroxylation is 1. The Balaban J connectivity index is 1.32. The average Bonchev–Trinajstić information content (AvgIpc) is 3.27. The summed E-state index contributed by atoms with van der Waals surface area (Å²) in [7, 11) is 2.09. The molecule has 0 atom stereocenters. The van der Waals surface area contributed by atoms with Crippen LogP contribution in [0.3, 0.4) is 0 Å². The highest BCUT2D eigenvalue weighted by Crippen LogP contribution is 2.20. The van der Waals surface area contributed by atoms with E-state index in [0.29, 0.717) is 0 Å². The van der Waals surface area contributed by atoms with Gasteiger partial charge in [-0.15, -0.1) is 5.10 Å². The van der Waals surface area contributed by atoms with Crippen LogP contribution in [0.4, 0.5) is 0 Å². The van der Waals surface area contributed by atoms with Crippen molar-refractivity contribution in [2.75, 3.05) is 12.3 Å². The average molecular weight is 364 g/mol. The molecule has 0 aliphatic heterocycles. The fraction of sp³-hybridized carbons (Fsp3) is 0.211. The van der Waals surface area contributed by atoms with E-state index < -0.39 is 0 Å². The molecule has 0 spiro atoms. The molecule has 0 fully saturated rings. The van der Waals surface area contributed by atoms with E-state index in [1.165, 1.54) is 16.5 Å². The molecule has 0 saturated heterocycles. The van der Waals surface area contributed by atoms with Gasteiger partial charge in [0.1, 0.15) is 0 Å². The highest BCUT2D eigenvalue weighted by atomic mass is 32.2. The molecule has 0 aliphatic carbocycles. The van der Waals surface area contributed by atoms with E-state index in [0.717, 1.165) is 29.7 Å². The zero-order valence-corrected chi connectivity index (χ0v) is 15.4. The molecule has 2 heterocycles. The first-order chi connectivity index (χ1) is 12.8. The molecule has 4 rings (SSSR count). The lowest BCUT2D eigenvalue weighted by Crippen LogP contribution is -2.16. The molecule has 6 nitrogen and oxygen atoms in total. The Morgan fingerprint density at radius 1 is 1.04 bits per heavy atom. The Morgan fingerprint density at radius 2 is 1.85 bits per heavy atom. The van der Waals surface area contributed by atoms with Crippen molar-refractivity contribution >= 4 is 22.7 Å². The lowest BCUT2D eigenvalue weighted by molar-refractivity contribution is 0.728. The van der Waals surface area contributed by atoms with Crippen molar-refractivity contribution in [3.63, 3.8) is 0 Å². The molecule has 0 amide bonds. The third kappa shape index (κ3) is 3.49. The van der Waals surface area contributed by atoms with E-state index in [4.69, 9.17) is 0 Å². The van der Waals surface area contributed by atoms with E-state index in [1.807, 2.05) is 30.3 Å². The number of tetrazole rings is 1. The van der Waals surface area contributed by atoms with Crippen LogP contribution < -0.4 is 5.32 Å². The van der Waals surface area contributed by atoms with Gasteiger partial charge in [0.25, 0.3) is 0 Å². The molecule has 0 radical (unpaired) electrons. The highest BCUT2D eigenvalue weighted by Gasteiger charge is 2.09. The predicted molar refractivity (Wildman–Crippen MR) is 105 cm³/mol. The van der Waals surface area contributed by atoms with Gasteiger partial charge in [0.15, 0.2) is 0 Å². The SMILES string of the molecule is Cn1cc(CNCCSc2nnnn2-c2ccccc2)c2ccccc21. The van der Waals surface area contributed by atoms with Gasteiger partial charge < -0.3 is 9.88 Å². The first-order valence-electron chi connectivity index (χ1n) is 8.53. The summed E-state index contributed by atoms with van der Waals surface area (Å²) in [5, 5.41) is 17.6. The summed E-state index contributed by atoms with van der Waals surface area (Å²) in [5.74, 6) is 0.901. The highest BCUT2D eigenvalue weighted by molar-refractivity contribution is 7.99. The first kappa shape index (κ1) is 16.8. The van der Waals surface area contributed by atoms with Gasteiger partial charge in [0.2, 0.25) is 5.16 Å². The smallest absolute Gasteiger partial charge is 0.214 e. The third-order valence-corrected chi connectivity index (χ3v) is 5.17. The van der Waals surface area contributed by atoms with Crippen LogP contribution in [0.15, 0.2) is 66.0 Å². The number of para-hydroxylation sites is 2. The summed E-state index contributed by atoms with van der Waals surface area (Å²) < 4.78 is 3.95. The largest absolute Gasteiger partial charge is 0.350 e. The van der Waals surface area contributed by atoms with Crippen molar-refractivity contribution in [3.05, 3.63) is 66.4 Å². The molecule has 7 heteroatoms. The minimum Gasteiger partial charge on any atom is -0.350 e.